The number of amides is 1. The van der Waals surface area contributed by atoms with E-state index in [1.165, 1.54) is 0 Å². The van der Waals surface area contributed by atoms with Gasteiger partial charge in [-0.05, 0) is 46.5 Å². The second-order valence-corrected chi connectivity index (χ2v) is 9.10. The minimum Gasteiger partial charge on any atom is -0.444 e. The van der Waals surface area contributed by atoms with Crippen molar-refractivity contribution in [3.8, 4) is 0 Å². The van der Waals surface area contributed by atoms with Crippen molar-refractivity contribution in [2.75, 3.05) is 0 Å². The maximum atomic E-state index is 12.0. The van der Waals surface area contributed by atoms with Gasteiger partial charge in [0.1, 0.15) is 5.60 Å². The molecule has 1 saturated carbocycles. The molecule has 0 radical (unpaired) electrons. The van der Waals surface area contributed by atoms with Crippen LogP contribution in [-0.2, 0) is 16.6 Å². The summed E-state index contributed by atoms with van der Waals surface area (Å²) in [4.78, 5) is 16.4. The van der Waals surface area contributed by atoms with Crippen LogP contribution in [0.25, 0.3) is 0 Å². The molecule has 0 bridgehead atoms. The number of nitrogens with zero attached hydrogens (tertiary/aromatic N) is 2. The molecule has 2 N–H and O–H groups in total. The summed E-state index contributed by atoms with van der Waals surface area (Å²) in [6, 6.07) is -0.126. The number of carbonyl (C=O) groups is 1. The molecule has 1 aromatic heterocycles. The van der Waals surface area contributed by atoms with Crippen LogP contribution in [0.5, 0.6) is 0 Å². The minimum absolute atomic E-state index is 0.126. The summed E-state index contributed by atoms with van der Waals surface area (Å²) in [5, 5.41) is 17.8. The van der Waals surface area contributed by atoms with Crippen LogP contribution in [0.3, 0.4) is 0 Å². The number of carbonyl (C=O) groups excluding carboxylic acids is 1. The fraction of sp³-hybridized carbons (Fsp3) is 0.833. The Hall–Kier alpha value is -1.63. The van der Waals surface area contributed by atoms with Gasteiger partial charge >= 0.3 is 6.09 Å². The number of alkyl carbamates (subject to hydrolysis) is 1. The van der Waals surface area contributed by atoms with E-state index in [9.17, 15) is 9.90 Å². The number of nitrogens with one attached hydrogen (secondary N) is 1. The molecule has 7 nitrogen and oxygen atoms in total. The van der Waals surface area contributed by atoms with Gasteiger partial charge in [-0.2, -0.15) is 4.98 Å². The average molecular weight is 353 g/mol. The Kier molecular flexibility index (Phi) is 5.47. The van der Waals surface area contributed by atoms with Crippen molar-refractivity contribution < 1.29 is 19.2 Å². The molecular weight excluding hydrogens is 322 g/mol. The monoisotopic (exact) mass is 353 g/mol. The quantitative estimate of drug-likeness (QED) is 0.866. The fourth-order valence-corrected chi connectivity index (χ4v) is 3.01. The van der Waals surface area contributed by atoms with Crippen molar-refractivity contribution >= 4 is 6.09 Å². The Morgan fingerprint density at radius 2 is 2.04 bits per heavy atom. The van der Waals surface area contributed by atoms with Gasteiger partial charge in [0.25, 0.3) is 0 Å². The SMILES string of the molecule is CC(C)(C)OC(=O)N[C@@H]1CCC[C@@](O)(Cc2nc(C(C)(C)C)no2)C1. The predicted molar refractivity (Wildman–Crippen MR) is 93.3 cm³/mol. The van der Waals surface area contributed by atoms with Crippen molar-refractivity contribution in [3.63, 3.8) is 0 Å². The molecule has 0 unspecified atom stereocenters. The number of rotatable bonds is 3. The predicted octanol–water partition coefficient (Wildman–Crippen LogP) is 3.11. The standard InChI is InChI=1S/C18H31N3O4/c1-16(2,3)14-20-13(25-21-14)11-18(23)9-7-8-12(10-18)19-15(22)24-17(4,5)6/h12,23H,7-11H2,1-6H3,(H,19,22)/t12-,18+/m1/s1. The molecule has 0 spiro atoms. The summed E-state index contributed by atoms with van der Waals surface area (Å²) in [5.74, 6) is 1.07. The van der Waals surface area contributed by atoms with Gasteiger partial charge in [-0.15, -0.1) is 0 Å². The number of aromatic nitrogens is 2. The van der Waals surface area contributed by atoms with Crippen molar-refractivity contribution in [2.24, 2.45) is 0 Å². The molecule has 25 heavy (non-hydrogen) atoms. The Bertz CT molecular complexity index is 600. The number of ether oxygens (including phenoxy) is 1. The Morgan fingerprint density at radius 1 is 1.36 bits per heavy atom. The van der Waals surface area contributed by atoms with E-state index in [0.717, 1.165) is 12.8 Å². The normalized spacial score (nSPS) is 24.8. The molecule has 0 aliphatic heterocycles. The molecule has 7 heteroatoms. The molecule has 142 valence electrons. The van der Waals surface area contributed by atoms with Crippen molar-refractivity contribution in [1.82, 2.24) is 15.5 Å². The van der Waals surface area contributed by atoms with Crippen LogP contribution < -0.4 is 5.32 Å². The molecule has 0 saturated heterocycles. The van der Waals surface area contributed by atoms with Gasteiger partial charge in [0, 0.05) is 11.5 Å². The molecule has 2 rings (SSSR count). The lowest BCUT2D eigenvalue weighted by molar-refractivity contribution is -0.0149. The van der Waals surface area contributed by atoms with Crippen LogP contribution in [0.15, 0.2) is 4.52 Å². The molecule has 1 amide bonds. The van der Waals surface area contributed by atoms with Gasteiger partial charge in [-0.1, -0.05) is 25.9 Å². The summed E-state index contributed by atoms with van der Waals surface area (Å²) in [7, 11) is 0. The molecule has 1 fully saturated rings. The Morgan fingerprint density at radius 3 is 2.60 bits per heavy atom. The molecule has 0 aromatic carbocycles. The van der Waals surface area contributed by atoms with Crippen LogP contribution in [-0.4, -0.2) is 38.6 Å². The summed E-state index contributed by atoms with van der Waals surface area (Å²) in [6.45, 7) is 11.5. The highest BCUT2D eigenvalue weighted by Gasteiger charge is 2.37. The summed E-state index contributed by atoms with van der Waals surface area (Å²) < 4.78 is 10.6. The van der Waals surface area contributed by atoms with E-state index < -0.39 is 17.3 Å². The van der Waals surface area contributed by atoms with E-state index in [0.29, 0.717) is 31.0 Å². The average Bonchev–Trinajstić information content (AvgIpc) is 2.83. The van der Waals surface area contributed by atoms with E-state index >= 15 is 0 Å². The first-order valence-corrected chi connectivity index (χ1v) is 8.91. The third-order valence-electron chi connectivity index (χ3n) is 4.16. The number of hydrogen-bond acceptors (Lipinski definition) is 6. The molecule has 2 atom stereocenters. The second-order valence-electron chi connectivity index (χ2n) is 9.10. The number of hydrogen-bond donors (Lipinski definition) is 2. The molecule has 1 aromatic rings. The van der Waals surface area contributed by atoms with Gasteiger partial charge < -0.3 is 19.7 Å². The second kappa shape index (κ2) is 6.94. The smallest absolute Gasteiger partial charge is 0.407 e. The zero-order chi connectivity index (χ0) is 18.9. The van der Waals surface area contributed by atoms with Gasteiger partial charge in [-0.3, -0.25) is 0 Å². The molecule has 1 aliphatic carbocycles. The van der Waals surface area contributed by atoms with Crippen molar-refractivity contribution in [1.29, 1.82) is 0 Å². The first-order valence-electron chi connectivity index (χ1n) is 8.91. The third kappa shape index (κ3) is 5.99. The van der Waals surface area contributed by atoms with Crippen LogP contribution in [0, 0.1) is 0 Å². The van der Waals surface area contributed by atoms with Crippen LogP contribution in [0.2, 0.25) is 0 Å². The first-order chi connectivity index (χ1) is 11.4. The molecule has 1 heterocycles. The van der Waals surface area contributed by atoms with E-state index in [2.05, 4.69) is 15.5 Å². The van der Waals surface area contributed by atoms with Gasteiger partial charge in [0.15, 0.2) is 5.82 Å². The van der Waals surface area contributed by atoms with Gasteiger partial charge in [-0.25, -0.2) is 4.79 Å². The van der Waals surface area contributed by atoms with Gasteiger partial charge in [0.2, 0.25) is 5.89 Å². The lowest BCUT2D eigenvalue weighted by Gasteiger charge is -2.36. The molecule has 1 aliphatic rings. The van der Waals surface area contributed by atoms with Crippen LogP contribution >= 0.6 is 0 Å². The van der Waals surface area contributed by atoms with Crippen LogP contribution in [0.1, 0.15) is 78.9 Å². The van der Waals surface area contributed by atoms with E-state index in [4.69, 9.17) is 9.26 Å². The molecular formula is C18H31N3O4. The highest BCUT2D eigenvalue weighted by molar-refractivity contribution is 5.68. The Balaban J connectivity index is 1.96. The Labute approximate surface area is 149 Å². The largest absolute Gasteiger partial charge is 0.444 e. The third-order valence-corrected chi connectivity index (χ3v) is 4.16. The lowest BCUT2D eigenvalue weighted by atomic mass is 9.79. The van der Waals surface area contributed by atoms with E-state index in [1.54, 1.807) is 0 Å². The maximum absolute atomic E-state index is 12.0. The fourth-order valence-electron chi connectivity index (χ4n) is 3.01. The number of aliphatic hydroxyl groups is 1. The van der Waals surface area contributed by atoms with Crippen molar-refractivity contribution in [3.05, 3.63) is 11.7 Å². The lowest BCUT2D eigenvalue weighted by Crippen LogP contribution is -2.48. The highest BCUT2D eigenvalue weighted by Crippen LogP contribution is 2.32. The van der Waals surface area contributed by atoms with E-state index in [-0.39, 0.29) is 11.5 Å². The zero-order valence-corrected chi connectivity index (χ0v) is 16.2. The first kappa shape index (κ1) is 19.7. The topological polar surface area (TPSA) is 97.5 Å². The zero-order valence-electron chi connectivity index (χ0n) is 16.2. The van der Waals surface area contributed by atoms with E-state index in [1.807, 2.05) is 41.5 Å². The van der Waals surface area contributed by atoms with Crippen molar-refractivity contribution in [2.45, 2.75) is 96.3 Å². The maximum Gasteiger partial charge on any atom is 0.407 e. The summed E-state index contributed by atoms with van der Waals surface area (Å²) in [5.41, 5.74) is -1.69. The summed E-state index contributed by atoms with van der Waals surface area (Å²) in [6.07, 6.45) is 2.57. The summed E-state index contributed by atoms with van der Waals surface area (Å²) >= 11 is 0. The minimum atomic E-state index is -0.959. The highest BCUT2D eigenvalue weighted by atomic mass is 16.6. The van der Waals surface area contributed by atoms with Gasteiger partial charge in [0.05, 0.1) is 12.0 Å². The van der Waals surface area contributed by atoms with Crippen LogP contribution in [0.4, 0.5) is 4.79 Å².